The van der Waals surface area contributed by atoms with E-state index in [-0.39, 0.29) is 6.61 Å². The molecule has 0 spiro atoms. The van der Waals surface area contributed by atoms with E-state index in [0.717, 1.165) is 22.4 Å². The molecule has 0 fully saturated rings. The molecule has 27 heavy (non-hydrogen) atoms. The number of rotatable bonds is 4. The molecule has 0 radical (unpaired) electrons. The van der Waals surface area contributed by atoms with Gasteiger partial charge in [0.1, 0.15) is 0 Å². The molecule has 0 aliphatic carbocycles. The van der Waals surface area contributed by atoms with Gasteiger partial charge >= 0.3 is 5.79 Å². The predicted octanol–water partition coefficient (Wildman–Crippen LogP) is 4.40. The van der Waals surface area contributed by atoms with Crippen LogP contribution in [0.4, 0.5) is 0 Å². The van der Waals surface area contributed by atoms with E-state index >= 15 is 0 Å². The molecule has 0 saturated carbocycles. The van der Waals surface area contributed by atoms with Crippen LogP contribution in [0.3, 0.4) is 0 Å². The van der Waals surface area contributed by atoms with Gasteiger partial charge in [-0.05, 0) is 17.7 Å². The van der Waals surface area contributed by atoms with Gasteiger partial charge in [-0.15, -0.1) is 0 Å². The molecule has 0 amide bonds. The summed E-state index contributed by atoms with van der Waals surface area (Å²) in [5.41, 5.74) is 2.80. The minimum Gasteiger partial charge on any atom is -0.440 e. The van der Waals surface area contributed by atoms with E-state index in [0.29, 0.717) is 5.75 Å². The highest BCUT2D eigenvalue weighted by atomic mass is 28.3. The van der Waals surface area contributed by atoms with Gasteiger partial charge in [0.2, 0.25) is 0 Å². The van der Waals surface area contributed by atoms with E-state index in [9.17, 15) is 5.11 Å². The van der Waals surface area contributed by atoms with Crippen LogP contribution in [0.15, 0.2) is 72.8 Å². The number of ether oxygens (including phenoxy) is 2. The van der Waals surface area contributed by atoms with Crippen LogP contribution in [0, 0.1) is 0 Å². The van der Waals surface area contributed by atoms with E-state index < -0.39 is 13.9 Å². The maximum Gasteiger partial charge on any atom is 0.305 e. The molecule has 0 atom stereocenters. The van der Waals surface area contributed by atoms with Gasteiger partial charge < -0.3 is 14.6 Å². The van der Waals surface area contributed by atoms with Crippen molar-refractivity contribution in [3.63, 3.8) is 0 Å². The summed E-state index contributed by atoms with van der Waals surface area (Å²) in [5, 5.41) is 11.1. The highest BCUT2D eigenvalue weighted by molar-refractivity contribution is 6.89. The Morgan fingerprint density at radius 2 is 1.26 bits per heavy atom. The zero-order valence-corrected chi connectivity index (χ0v) is 16.9. The monoisotopic (exact) mass is 376 g/mol. The van der Waals surface area contributed by atoms with Crippen molar-refractivity contribution in [2.45, 2.75) is 32.0 Å². The number of aliphatic hydroxyl groups excluding tert-OH is 1. The lowest BCUT2D eigenvalue weighted by Gasteiger charge is -2.28. The van der Waals surface area contributed by atoms with Crippen molar-refractivity contribution in [1.29, 1.82) is 0 Å². The van der Waals surface area contributed by atoms with Crippen LogP contribution >= 0.6 is 0 Å². The molecule has 4 heteroatoms. The molecule has 3 nitrogen and oxygen atoms in total. The first kappa shape index (κ1) is 17.8. The Morgan fingerprint density at radius 1 is 0.778 bits per heavy atom. The van der Waals surface area contributed by atoms with Crippen LogP contribution in [-0.4, -0.2) is 13.2 Å². The molecule has 0 saturated heterocycles. The maximum absolute atomic E-state index is 9.90. The van der Waals surface area contributed by atoms with Gasteiger partial charge in [-0.3, -0.25) is 0 Å². The smallest absolute Gasteiger partial charge is 0.305 e. The second-order valence-corrected chi connectivity index (χ2v) is 13.0. The maximum atomic E-state index is 9.90. The summed E-state index contributed by atoms with van der Waals surface area (Å²) in [6.07, 6.45) is 0. The molecular formula is C23H24O3Si. The molecule has 1 aliphatic rings. The van der Waals surface area contributed by atoms with Crippen molar-refractivity contribution in [3.8, 4) is 11.5 Å². The minimum absolute atomic E-state index is 0.0000820. The second-order valence-electron chi connectivity index (χ2n) is 7.92. The first-order valence-corrected chi connectivity index (χ1v) is 12.7. The zero-order valence-electron chi connectivity index (χ0n) is 15.9. The third-order valence-corrected chi connectivity index (χ3v) is 7.04. The van der Waals surface area contributed by atoms with E-state index in [4.69, 9.17) is 9.47 Å². The Morgan fingerprint density at radius 3 is 1.70 bits per heavy atom. The molecule has 3 aromatic carbocycles. The molecule has 1 aliphatic heterocycles. The van der Waals surface area contributed by atoms with Crippen LogP contribution in [0.1, 0.15) is 16.7 Å². The average molecular weight is 377 g/mol. The molecule has 1 heterocycles. The van der Waals surface area contributed by atoms with Gasteiger partial charge in [-0.2, -0.15) is 0 Å². The largest absolute Gasteiger partial charge is 0.440 e. The lowest BCUT2D eigenvalue weighted by atomic mass is 9.97. The van der Waals surface area contributed by atoms with Gasteiger partial charge in [0.25, 0.3) is 0 Å². The van der Waals surface area contributed by atoms with Gasteiger partial charge in [-0.1, -0.05) is 85.5 Å². The van der Waals surface area contributed by atoms with Gasteiger partial charge in [0, 0.05) is 11.1 Å². The average Bonchev–Trinajstić information content (AvgIpc) is 3.07. The fraction of sp³-hybridized carbons (Fsp3) is 0.217. The normalized spacial score (nSPS) is 15.0. The molecule has 0 bridgehead atoms. The fourth-order valence-corrected chi connectivity index (χ4v) is 5.32. The van der Waals surface area contributed by atoms with E-state index in [2.05, 4.69) is 25.7 Å². The van der Waals surface area contributed by atoms with Crippen molar-refractivity contribution >= 4 is 13.3 Å². The lowest BCUT2D eigenvalue weighted by Crippen LogP contribution is -2.40. The molecular weight excluding hydrogens is 352 g/mol. The van der Waals surface area contributed by atoms with Crippen LogP contribution < -0.4 is 14.7 Å². The summed E-state index contributed by atoms with van der Waals surface area (Å²) in [4.78, 5) is 0. The fourth-order valence-electron chi connectivity index (χ4n) is 3.64. The number of hydrogen-bond donors (Lipinski definition) is 1. The van der Waals surface area contributed by atoms with Crippen molar-refractivity contribution in [2.24, 2.45) is 0 Å². The summed E-state index contributed by atoms with van der Waals surface area (Å²) in [6, 6.07) is 24.0. The number of hydrogen-bond acceptors (Lipinski definition) is 3. The van der Waals surface area contributed by atoms with Gasteiger partial charge in [0.15, 0.2) is 11.5 Å². The lowest BCUT2D eigenvalue weighted by molar-refractivity contribution is -0.0459. The summed E-state index contributed by atoms with van der Waals surface area (Å²) in [5.74, 6) is 0.390. The Hall–Kier alpha value is -2.56. The first-order valence-electron chi connectivity index (χ1n) is 9.21. The van der Waals surface area contributed by atoms with Crippen molar-refractivity contribution in [3.05, 3.63) is 89.5 Å². The summed E-state index contributed by atoms with van der Waals surface area (Å²) in [7, 11) is -1.64. The Labute approximate surface area is 161 Å². The molecule has 0 aromatic heterocycles. The summed E-state index contributed by atoms with van der Waals surface area (Å²) >= 11 is 0. The Kier molecular flexibility index (Phi) is 4.33. The number of fused-ring (bicyclic) bond motifs is 1. The van der Waals surface area contributed by atoms with Crippen molar-refractivity contribution in [2.75, 3.05) is 0 Å². The highest BCUT2D eigenvalue weighted by Crippen LogP contribution is 2.47. The highest BCUT2D eigenvalue weighted by Gasteiger charge is 2.46. The van der Waals surface area contributed by atoms with Gasteiger partial charge in [0.05, 0.1) is 14.7 Å². The third kappa shape index (κ3) is 3.05. The van der Waals surface area contributed by atoms with Gasteiger partial charge in [-0.25, -0.2) is 0 Å². The first-order chi connectivity index (χ1) is 12.9. The molecule has 1 N–H and O–H groups in total. The molecule has 138 valence electrons. The number of benzene rings is 3. The third-order valence-electron chi connectivity index (χ3n) is 4.96. The second kappa shape index (κ2) is 6.55. The van der Waals surface area contributed by atoms with Crippen LogP contribution in [0.25, 0.3) is 0 Å². The summed E-state index contributed by atoms with van der Waals surface area (Å²) in [6.45, 7) is 6.81. The van der Waals surface area contributed by atoms with Crippen LogP contribution in [0.2, 0.25) is 19.6 Å². The standard InChI is InChI=1S/C23H24O3Si/c1-27(2,3)22-15-21-20(14-17(22)16-24)25-23(26-21,18-10-6-4-7-11-18)19-12-8-5-9-13-19/h4-15,24H,16H2,1-3H3. The van der Waals surface area contributed by atoms with Crippen LogP contribution in [-0.2, 0) is 12.4 Å². The van der Waals surface area contributed by atoms with Crippen LogP contribution in [0.5, 0.6) is 11.5 Å². The minimum atomic E-state index is -1.64. The summed E-state index contributed by atoms with van der Waals surface area (Å²) < 4.78 is 13.0. The molecule has 4 rings (SSSR count). The Bertz CT molecular complexity index is 907. The Balaban J connectivity index is 1.88. The van der Waals surface area contributed by atoms with E-state index in [1.807, 2.05) is 66.7 Å². The molecule has 3 aromatic rings. The van der Waals surface area contributed by atoms with E-state index in [1.54, 1.807) is 0 Å². The predicted molar refractivity (Wildman–Crippen MR) is 110 cm³/mol. The quantitative estimate of drug-likeness (QED) is 0.686. The van der Waals surface area contributed by atoms with Crippen molar-refractivity contribution < 1.29 is 14.6 Å². The zero-order chi connectivity index (χ0) is 19.1. The topological polar surface area (TPSA) is 38.7 Å². The van der Waals surface area contributed by atoms with Crippen molar-refractivity contribution in [1.82, 2.24) is 0 Å². The number of aliphatic hydroxyl groups is 1. The molecule has 0 unspecified atom stereocenters. The van der Waals surface area contributed by atoms with E-state index in [1.165, 1.54) is 5.19 Å². The SMILES string of the molecule is C[Si](C)(C)c1cc2c(cc1CO)OC(c1ccccc1)(c1ccccc1)O2.